The minimum Gasteiger partial charge on any atom is -0.492 e. The van der Waals surface area contributed by atoms with Crippen molar-refractivity contribution in [1.29, 1.82) is 0 Å². The maximum Gasteiger partial charge on any atom is 0.287 e. The SMILES string of the molecule is CN(C)CCOc1ccc(CNC(=O)c2oc3ccccc3c2CSc2ncccn2)cc1. The molecule has 2 heterocycles. The number of likely N-dealkylation sites (N-methyl/N-ethyl adjacent to an activating group) is 1. The third-order valence-corrected chi connectivity index (χ3v) is 5.88. The Morgan fingerprint density at radius 2 is 1.82 bits per heavy atom. The molecule has 0 aliphatic heterocycles. The number of carbonyl (C=O) groups is 1. The van der Waals surface area contributed by atoms with Crippen LogP contribution in [-0.2, 0) is 12.3 Å². The number of furan rings is 1. The first kappa shape index (κ1) is 22.8. The van der Waals surface area contributed by atoms with Crippen LogP contribution in [0.3, 0.4) is 0 Å². The van der Waals surface area contributed by atoms with E-state index in [1.807, 2.05) is 62.6 Å². The van der Waals surface area contributed by atoms with E-state index < -0.39 is 0 Å². The second-order valence-corrected chi connectivity index (χ2v) is 8.65. The van der Waals surface area contributed by atoms with Crippen LogP contribution < -0.4 is 10.1 Å². The highest BCUT2D eigenvalue weighted by molar-refractivity contribution is 7.98. The molecule has 1 N–H and O–H groups in total. The number of hydrogen-bond donors (Lipinski definition) is 1. The summed E-state index contributed by atoms with van der Waals surface area (Å²) in [6, 6.07) is 17.2. The third-order valence-electron chi connectivity index (χ3n) is 4.98. The molecular weight excluding hydrogens is 436 g/mol. The molecule has 0 radical (unpaired) electrons. The molecule has 0 bridgehead atoms. The zero-order valence-corrected chi connectivity index (χ0v) is 19.5. The standard InChI is InChI=1S/C25H26N4O3S/c1-29(2)14-15-31-19-10-8-18(9-11-19)16-28-24(30)23-21(17-33-25-26-12-5-13-27-25)20-6-3-4-7-22(20)32-23/h3-13H,14-17H2,1-2H3,(H,28,30). The summed E-state index contributed by atoms with van der Waals surface area (Å²) in [7, 11) is 4.02. The number of nitrogens with one attached hydrogen (secondary N) is 1. The van der Waals surface area contributed by atoms with Crippen molar-refractivity contribution in [1.82, 2.24) is 20.2 Å². The molecule has 4 aromatic rings. The van der Waals surface area contributed by atoms with Gasteiger partial charge in [-0.05, 0) is 43.9 Å². The monoisotopic (exact) mass is 462 g/mol. The molecule has 0 unspecified atom stereocenters. The summed E-state index contributed by atoms with van der Waals surface area (Å²) in [5.74, 6) is 1.42. The van der Waals surface area contributed by atoms with Gasteiger partial charge in [0.15, 0.2) is 10.9 Å². The molecule has 4 rings (SSSR count). The fourth-order valence-electron chi connectivity index (χ4n) is 3.23. The van der Waals surface area contributed by atoms with E-state index >= 15 is 0 Å². The molecule has 1 amide bonds. The summed E-state index contributed by atoms with van der Waals surface area (Å²) >= 11 is 1.47. The highest BCUT2D eigenvalue weighted by Gasteiger charge is 2.20. The lowest BCUT2D eigenvalue weighted by molar-refractivity contribution is 0.0924. The van der Waals surface area contributed by atoms with Crippen molar-refractivity contribution < 1.29 is 13.9 Å². The van der Waals surface area contributed by atoms with Crippen LogP contribution in [0.5, 0.6) is 5.75 Å². The molecule has 0 spiro atoms. The predicted molar refractivity (Wildman–Crippen MR) is 129 cm³/mol. The fourth-order valence-corrected chi connectivity index (χ4v) is 4.07. The van der Waals surface area contributed by atoms with Gasteiger partial charge in [-0.1, -0.05) is 42.1 Å². The number of fused-ring (bicyclic) bond motifs is 1. The summed E-state index contributed by atoms with van der Waals surface area (Å²) in [5.41, 5.74) is 2.50. The molecule has 0 saturated heterocycles. The summed E-state index contributed by atoms with van der Waals surface area (Å²) in [6.45, 7) is 1.87. The van der Waals surface area contributed by atoms with Crippen LogP contribution in [0, 0.1) is 0 Å². The molecule has 0 atom stereocenters. The maximum atomic E-state index is 13.0. The number of rotatable bonds is 10. The zero-order chi connectivity index (χ0) is 23.0. The van der Waals surface area contributed by atoms with E-state index in [2.05, 4.69) is 20.2 Å². The van der Waals surface area contributed by atoms with E-state index in [1.165, 1.54) is 11.8 Å². The molecule has 170 valence electrons. The lowest BCUT2D eigenvalue weighted by Gasteiger charge is -2.11. The molecule has 2 aromatic heterocycles. The third kappa shape index (κ3) is 6.12. The first-order chi connectivity index (χ1) is 16.1. The summed E-state index contributed by atoms with van der Waals surface area (Å²) in [6.07, 6.45) is 3.41. The van der Waals surface area contributed by atoms with E-state index in [0.29, 0.717) is 35.4 Å². The Morgan fingerprint density at radius 1 is 1.06 bits per heavy atom. The molecule has 7 nitrogen and oxygen atoms in total. The van der Waals surface area contributed by atoms with E-state index in [-0.39, 0.29) is 5.91 Å². The van der Waals surface area contributed by atoms with Gasteiger partial charge in [-0.15, -0.1) is 0 Å². The second-order valence-electron chi connectivity index (χ2n) is 7.70. The Hall–Kier alpha value is -3.36. The number of ether oxygens (including phenoxy) is 1. The number of carbonyl (C=O) groups excluding carboxylic acids is 1. The summed E-state index contributed by atoms with van der Waals surface area (Å²) in [5, 5.41) is 4.55. The van der Waals surface area contributed by atoms with Crippen molar-refractivity contribution in [2.24, 2.45) is 0 Å². The second kappa shape index (κ2) is 11.0. The Labute approximate surface area is 197 Å². The molecule has 0 saturated carbocycles. The average molecular weight is 463 g/mol. The zero-order valence-electron chi connectivity index (χ0n) is 18.7. The number of thioether (sulfide) groups is 1. The molecule has 0 aliphatic rings. The van der Waals surface area contributed by atoms with Crippen molar-refractivity contribution >= 4 is 28.6 Å². The van der Waals surface area contributed by atoms with E-state index in [1.54, 1.807) is 18.5 Å². The van der Waals surface area contributed by atoms with Gasteiger partial charge in [0.25, 0.3) is 5.91 Å². The summed E-state index contributed by atoms with van der Waals surface area (Å²) in [4.78, 5) is 23.6. The van der Waals surface area contributed by atoms with Crippen LogP contribution in [0.25, 0.3) is 11.0 Å². The molecule has 0 fully saturated rings. The number of benzene rings is 2. The van der Waals surface area contributed by atoms with Gasteiger partial charge in [-0.2, -0.15) is 0 Å². The van der Waals surface area contributed by atoms with Crippen LogP contribution in [-0.4, -0.2) is 48.0 Å². The number of amides is 1. The van der Waals surface area contributed by atoms with Crippen molar-refractivity contribution in [2.45, 2.75) is 17.5 Å². The Kier molecular flexibility index (Phi) is 7.59. The van der Waals surface area contributed by atoms with Crippen molar-refractivity contribution in [3.8, 4) is 5.75 Å². The van der Waals surface area contributed by atoms with Crippen LogP contribution >= 0.6 is 11.8 Å². The number of nitrogens with zero attached hydrogens (tertiary/aromatic N) is 3. The Balaban J connectivity index is 1.42. The normalized spacial score (nSPS) is 11.1. The quantitative estimate of drug-likeness (QED) is 0.277. The minimum atomic E-state index is -0.248. The number of hydrogen-bond acceptors (Lipinski definition) is 7. The van der Waals surface area contributed by atoms with Gasteiger partial charge in [0.1, 0.15) is 17.9 Å². The average Bonchev–Trinajstić information content (AvgIpc) is 3.21. The minimum absolute atomic E-state index is 0.248. The number of para-hydroxylation sites is 1. The largest absolute Gasteiger partial charge is 0.492 e. The maximum absolute atomic E-state index is 13.0. The van der Waals surface area contributed by atoms with Crippen LogP contribution in [0.4, 0.5) is 0 Å². The highest BCUT2D eigenvalue weighted by Crippen LogP contribution is 2.31. The van der Waals surface area contributed by atoms with Crippen molar-refractivity contribution in [2.75, 3.05) is 27.2 Å². The highest BCUT2D eigenvalue weighted by atomic mass is 32.2. The molecular formula is C25H26N4O3S. The smallest absolute Gasteiger partial charge is 0.287 e. The topological polar surface area (TPSA) is 80.5 Å². The van der Waals surface area contributed by atoms with Gasteiger partial charge < -0.3 is 19.4 Å². The van der Waals surface area contributed by atoms with Gasteiger partial charge in [0.2, 0.25) is 0 Å². The lowest BCUT2D eigenvalue weighted by atomic mass is 10.1. The first-order valence-corrected chi connectivity index (χ1v) is 11.6. The molecule has 2 aromatic carbocycles. The fraction of sp³-hybridized carbons (Fsp3) is 0.240. The van der Waals surface area contributed by atoms with Gasteiger partial charge >= 0.3 is 0 Å². The van der Waals surface area contributed by atoms with Gasteiger partial charge in [-0.3, -0.25) is 4.79 Å². The Bertz CT molecular complexity index is 1190. The van der Waals surface area contributed by atoms with Crippen molar-refractivity contribution in [3.63, 3.8) is 0 Å². The van der Waals surface area contributed by atoms with Gasteiger partial charge in [-0.25, -0.2) is 9.97 Å². The molecule has 33 heavy (non-hydrogen) atoms. The van der Waals surface area contributed by atoms with Gasteiger partial charge in [0, 0.05) is 42.2 Å². The summed E-state index contributed by atoms with van der Waals surface area (Å²) < 4.78 is 11.7. The van der Waals surface area contributed by atoms with Crippen LogP contribution in [0.2, 0.25) is 0 Å². The lowest BCUT2D eigenvalue weighted by Crippen LogP contribution is -2.23. The van der Waals surface area contributed by atoms with E-state index in [0.717, 1.165) is 28.8 Å². The van der Waals surface area contributed by atoms with Crippen LogP contribution in [0.15, 0.2) is 76.6 Å². The first-order valence-electron chi connectivity index (χ1n) is 10.6. The van der Waals surface area contributed by atoms with E-state index in [9.17, 15) is 4.79 Å². The molecule has 0 aliphatic carbocycles. The van der Waals surface area contributed by atoms with Crippen molar-refractivity contribution in [3.05, 3.63) is 83.9 Å². The predicted octanol–water partition coefficient (Wildman–Crippen LogP) is 4.39. The van der Waals surface area contributed by atoms with Crippen LogP contribution in [0.1, 0.15) is 21.7 Å². The molecule has 8 heteroatoms. The van der Waals surface area contributed by atoms with E-state index in [4.69, 9.17) is 9.15 Å². The van der Waals surface area contributed by atoms with Gasteiger partial charge in [0.05, 0.1) is 0 Å². The Morgan fingerprint density at radius 3 is 2.58 bits per heavy atom. The number of aromatic nitrogens is 2.